The van der Waals surface area contributed by atoms with Crippen molar-refractivity contribution in [3.63, 3.8) is 0 Å². The SMILES string of the molecule is CN=C/C(=C\N)c1cc2c(cn1)N(c1cc(C3CCN(C(C)=O)CC3)cc3c1cc(C)c(=O)n3C)CCN2C. The summed E-state index contributed by atoms with van der Waals surface area (Å²) in [4.78, 5) is 40.2. The second-order valence-electron chi connectivity index (χ2n) is 10.6. The molecule has 0 unspecified atom stereocenters. The number of likely N-dealkylation sites (N-methyl/N-ethyl adjacent to an activating group) is 1. The Hall–Kier alpha value is -4.14. The van der Waals surface area contributed by atoms with Crippen molar-refractivity contribution in [3.8, 4) is 0 Å². The van der Waals surface area contributed by atoms with Gasteiger partial charge in [0, 0.05) is 83.2 Å². The van der Waals surface area contributed by atoms with Crippen LogP contribution < -0.4 is 21.1 Å². The number of piperidine rings is 1. The van der Waals surface area contributed by atoms with Crippen LogP contribution in [0.5, 0.6) is 0 Å². The van der Waals surface area contributed by atoms with Gasteiger partial charge in [0.05, 0.1) is 34.5 Å². The van der Waals surface area contributed by atoms with Crippen LogP contribution in [0.1, 0.15) is 42.5 Å². The van der Waals surface area contributed by atoms with E-state index in [0.29, 0.717) is 11.5 Å². The number of nitrogens with zero attached hydrogens (tertiary/aromatic N) is 6. The Labute approximate surface area is 229 Å². The van der Waals surface area contributed by atoms with E-state index in [1.165, 1.54) is 11.8 Å². The number of amides is 1. The van der Waals surface area contributed by atoms with Gasteiger partial charge in [-0.25, -0.2) is 0 Å². The number of nitrogens with two attached hydrogens (primary N) is 1. The predicted molar refractivity (Wildman–Crippen MR) is 159 cm³/mol. The number of rotatable bonds is 4. The van der Waals surface area contributed by atoms with Gasteiger partial charge in [0.25, 0.3) is 5.56 Å². The van der Waals surface area contributed by atoms with Crippen LogP contribution in [0.4, 0.5) is 17.1 Å². The van der Waals surface area contributed by atoms with Gasteiger partial charge in [-0.15, -0.1) is 0 Å². The van der Waals surface area contributed by atoms with Gasteiger partial charge in [0.15, 0.2) is 0 Å². The average Bonchev–Trinajstić information content (AvgIpc) is 2.94. The third-order valence-electron chi connectivity index (χ3n) is 8.19. The molecule has 0 atom stereocenters. The van der Waals surface area contributed by atoms with E-state index in [9.17, 15) is 9.59 Å². The molecule has 2 N–H and O–H groups in total. The summed E-state index contributed by atoms with van der Waals surface area (Å²) < 4.78 is 1.77. The number of anilines is 3. The third kappa shape index (κ3) is 4.77. The van der Waals surface area contributed by atoms with Crippen LogP contribution in [-0.4, -0.2) is 66.8 Å². The number of aryl methyl sites for hydroxylation is 2. The minimum absolute atomic E-state index is 0.0146. The summed E-state index contributed by atoms with van der Waals surface area (Å²) in [7, 11) is 5.66. The summed E-state index contributed by atoms with van der Waals surface area (Å²) in [5, 5.41) is 1.04. The maximum absolute atomic E-state index is 13.0. The zero-order chi connectivity index (χ0) is 27.8. The van der Waals surface area contributed by atoms with Crippen molar-refractivity contribution in [1.29, 1.82) is 0 Å². The third-order valence-corrected chi connectivity index (χ3v) is 8.19. The van der Waals surface area contributed by atoms with E-state index < -0.39 is 0 Å². The van der Waals surface area contributed by atoms with Crippen molar-refractivity contribution >= 4 is 45.7 Å². The number of aliphatic imine (C=N–C) groups is 1. The Morgan fingerprint density at radius 2 is 1.79 bits per heavy atom. The Morgan fingerprint density at radius 3 is 2.46 bits per heavy atom. The van der Waals surface area contributed by atoms with Crippen molar-refractivity contribution in [3.05, 3.63) is 63.8 Å². The average molecular weight is 528 g/mol. The first-order valence-corrected chi connectivity index (χ1v) is 13.5. The molecule has 1 aromatic carbocycles. The highest BCUT2D eigenvalue weighted by molar-refractivity contribution is 6.09. The van der Waals surface area contributed by atoms with Crippen molar-refractivity contribution in [2.75, 3.05) is 50.1 Å². The minimum atomic E-state index is 0.0146. The number of likely N-dealkylation sites (tertiary alicyclic amines) is 1. The summed E-state index contributed by atoms with van der Waals surface area (Å²) >= 11 is 0. The highest BCUT2D eigenvalue weighted by Gasteiger charge is 2.28. The standard InChI is InChI=1S/C30H37N7O2/c1-19-12-24-26(35(5)30(19)39)13-22(21-6-8-36(9-7-21)20(2)38)14-27(24)37-11-10-34(4)28-15-25(33-18-29(28)37)23(16-31)17-32-3/h12-18,21H,6-11,31H2,1-5H3/b23-16+,32-17?. The number of hydrogen-bond acceptors (Lipinski definition) is 7. The quantitative estimate of drug-likeness (QED) is 0.521. The lowest BCUT2D eigenvalue weighted by Gasteiger charge is -2.38. The van der Waals surface area contributed by atoms with Crippen LogP contribution in [0.15, 0.2) is 46.4 Å². The smallest absolute Gasteiger partial charge is 0.253 e. The van der Waals surface area contributed by atoms with Gasteiger partial charge in [0.2, 0.25) is 5.91 Å². The lowest BCUT2D eigenvalue weighted by molar-refractivity contribution is -0.129. The molecular formula is C30H37N7O2. The van der Waals surface area contributed by atoms with Crippen molar-refractivity contribution in [1.82, 2.24) is 14.5 Å². The van der Waals surface area contributed by atoms with Crippen LogP contribution in [0.25, 0.3) is 16.5 Å². The second kappa shape index (κ2) is 10.6. The summed E-state index contributed by atoms with van der Waals surface area (Å²) in [5.74, 6) is 0.447. The number of benzene rings is 1. The first-order chi connectivity index (χ1) is 18.7. The van der Waals surface area contributed by atoms with Gasteiger partial charge in [-0.1, -0.05) is 0 Å². The maximum atomic E-state index is 13.0. The molecule has 2 aromatic heterocycles. The summed E-state index contributed by atoms with van der Waals surface area (Å²) in [6.45, 7) is 6.62. The Morgan fingerprint density at radius 1 is 1.05 bits per heavy atom. The number of aromatic nitrogens is 2. The monoisotopic (exact) mass is 527 g/mol. The molecule has 5 rings (SSSR count). The second-order valence-corrected chi connectivity index (χ2v) is 10.6. The fourth-order valence-electron chi connectivity index (χ4n) is 5.89. The minimum Gasteiger partial charge on any atom is -0.404 e. The zero-order valence-electron chi connectivity index (χ0n) is 23.4. The first-order valence-electron chi connectivity index (χ1n) is 13.5. The molecule has 1 saturated heterocycles. The normalized spacial score (nSPS) is 16.8. The van der Waals surface area contributed by atoms with Crippen molar-refractivity contribution in [2.45, 2.75) is 32.6 Å². The molecule has 0 aliphatic carbocycles. The Bertz CT molecular complexity index is 1550. The van der Waals surface area contributed by atoms with E-state index in [-0.39, 0.29) is 11.5 Å². The zero-order valence-corrected chi connectivity index (χ0v) is 23.4. The maximum Gasteiger partial charge on any atom is 0.253 e. The largest absolute Gasteiger partial charge is 0.404 e. The van der Waals surface area contributed by atoms with Crippen LogP contribution >= 0.6 is 0 Å². The fraction of sp³-hybridized carbons (Fsp3) is 0.400. The van der Waals surface area contributed by atoms with Crippen molar-refractivity contribution in [2.24, 2.45) is 17.8 Å². The number of hydrogen-bond donors (Lipinski definition) is 1. The number of fused-ring (bicyclic) bond motifs is 2. The molecule has 3 aromatic rings. The molecule has 9 heteroatoms. The molecule has 9 nitrogen and oxygen atoms in total. The number of carbonyl (C=O) groups is 1. The van der Waals surface area contributed by atoms with E-state index in [0.717, 1.165) is 78.3 Å². The predicted octanol–water partition coefficient (Wildman–Crippen LogP) is 3.56. The van der Waals surface area contributed by atoms with Crippen molar-refractivity contribution < 1.29 is 4.79 Å². The molecule has 0 bridgehead atoms. The van der Waals surface area contributed by atoms with Gasteiger partial charge in [0.1, 0.15) is 0 Å². The first kappa shape index (κ1) is 26.5. The van der Waals surface area contributed by atoms with Gasteiger partial charge in [-0.2, -0.15) is 0 Å². The molecule has 0 radical (unpaired) electrons. The van der Waals surface area contributed by atoms with E-state index in [2.05, 4.69) is 40.0 Å². The van der Waals surface area contributed by atoms with Crippen LogP contribution in [0, 0.1) is 6.92 Å². The van der Waals surface area contributed by atoms with Gasteiger partial charge in [-0.05, 0) is 55.5 Å². The van der Waals surface area contributed by atoms with E-state index in [1.54, 1.807) is 24.8 Å². The molecule has 1 fully saturated rings. The molecule has 2 aliphatic rings. The van der Waals surface area contributed by atoms with Crippen LogP contribution in [0.2, 0.25) is 0 Å². The number of allylic oxidation sites excluding steroid dienone is 1. The van der Waals surface area contributed by atoms with Gasteiger partial charge < -0.3 is 25.0 Å². The molecule has 4 heterocycles. The number of carbonyl (C=O) groups excluding carboxylic acids is 1. The molecule has 1 amide bonds. The molecule has 39 heavy (non-hydrogen) atoms. The lowest BCUT2D eigenvalue weighted by Crippen LogP contribution is -2.37. The fourth-order valence-corrected chi connectivity index (χ4v) is 5.89. The summed E-state index contributed by atoms with van der Waals surface area (Å²) in [6, 6.07) is 8.54. The van der Waals surface area contributed by atoms with E-state index >= 15 is 0 Å². The lowest BCUT2D eigenvalue weighted by atomic mass is 9.88. The molecule has 0 saturated carbocycles. The van der Waals surface area contributed by atoms with Crippen LogP contribution in [0.3, 0.4) is 0 Å². The highest BCUT2D eigenvalue weighted by Crippen LogP contribution is 2.42. The molecule has 204 valence electrons. The van der Waals surface area contributed by atoms with Gasteiger partial charge >= 0.3 is 0 Å². The van der Waals surface area contributed by atoms with E-state index in [1.807, 2.05) is 31.1 Å². The summed E-state index contributed by atoms with van der Waals surface area (Å²) in [5.41, 5.74) is 13.4. The Balaban J connectivity index is 1.66. The highest BCUT2D eigenvalue weighted by atomic mass is 16.2. The molecule has 2 aliphatic heterocycles. The molecular weight excluding hydrogens is 490 g/mol. The molecule has 0 spiro atoms. The van der Waals surface area contributed by atoms with E-state index in [4.69, 9.17) is 10.7 Å². The number of pyridine rings is 2. The van der Waals surface area contributed by atoms with Crippen LogP contribution in [-0.2, 0) is 11.8 Å². The van der Waals surface area contributed by atoms with Gasteiger partial charge in [-0.3, -0.25) is 19.6 Å². The Kier molecular flexibility index (Phi) is 7.16. The topological polar surface area (TPSA) is 100 Å². The summed E-state index contributed by atoms with van der Waals surface area (Å²) in [6.07, 6.45) is 6.96.